The van der Waals surface area contributed by atoms with E-state index >= 15 is 0 Å². The largest absolute Gasteiger partial charge is 0.492 e. The van der Waals surface area contributed by atoms with E-state index in [2.05, 4.69) is 21.9 Å². The Morgan fingerprint density at radius 1 is 0.895 bits per heavy atom. The van der Waals surface area contributed by atoms with Gasteiger partial charge in [-0.15, -0.1) is 0 Å². The minimum absolute atomic E-state index is 0.00475. The second-order valence-corrected chi connectivity index (χ2v) is 11.7. The van der Waals surface area contributed by atoms with Gasteiger partial charge in [-0.2, -0.15) is 8.42 Å². The molecule has 8 heteroatoms. The Hall–Kier alpha value is -2.94. The number of piperidine rings is 1. The van der Waals surface area contributed by atoms with E-state index < -0.39 is 15.9 Å². The molecular weight excluding hydrogens is 503 g/mol. The summed E-state index contributed by atoms with van der Waals surface area (Å²) in [6, 6.07) is 20.4. The molecular formula is C30H35FN2O4S. The molecule has 1 atom stereocenters. The highest BCUT2D eigenvalue weighted by molar-refractivity contribution is 7.85. The molecule has 0 amide bonds. The van der Waals surface area contributed by atoms with E-state index in [1.54, 1.807) is 18.2 Å². The summed E-state index contributed by atoms with van der Waals surface area (Å²) >= 11 is 0. The maximum Gasteiger partial charge on any atom is 0.269 e. The third-order valence-electron chi connectivity index (χ3n) is 7.55. The average molecular weight is 539 g/mol. The van der Waals surface area contributed by atoms with Crippen LogP contribution in [0.2, 0.25) is 0 Å². The zero-order chi connectivity index (χ0) is 26.5. The van der Waals surface area contributed by atoms with Gasteiger partial charge in [-0.05, 0) is 97.4 Å². The second kappa shape index (κ2) is 11.8. The molecule has 2 heterocycles. The van der Waals surface area contributed by atoms with Gasteiger partial charge in [0.25, 0.3) is 10.1 Å². The molecule has 0 radical (unpaired) electrons. The molecule has 1 N–H and O–H groups in total. The Morgan fingerprint density at radius 2 is 1.61 bits per heavy atom. The van der Waals surface area contributed by atoms with Crippen molar-refractivity contribution in [1.29, 1.82) is 0 Å². The fourth-order valence-electron chi connectivity index (χ4n) is 5.65. The maximum atomic E-state index is 13.6. The molecule has 5 rings (SSSR count). The van der Waals surface area contributed by atoms with Crippen LogP contribution in [0, 0.1) is 5.82 Å². The van der Waals surface area contributed by atoms with E-state index in [0.717, 1.165) is 67.1 Å². The third-order valence-corrected chi connectivity index (χ3v) is 8.25. The number of benzene rings is 3. The molecule has 1 saturated heterocycles. The van der Waals surface area contributed by atoms with Crippen molar-refractivity contribution < 1.29 is 22.1 Å². The zero-order valence-electron chi connectivity index (χ0n) is 21.6. The quantitative estimate of drug-likeness (QED) is 0.367. The highest BCUT2D eigenvalue weighted by atomic mass is 32.2. The predicted molar refractivity (Wildman–Crippen MR) is 148 cm³/mol. The van der Waals surface area contributed by atoms with Crippen LogP contribution in [0.15, 0.2) is 66.7 Å². The van der Waals surface area contributed by atoms with Crippen molar-refractivity contribution in [1.82, 2.24) is 4.90 Å². The molecule has 0 aliphatic carbocycles. The Kier molecular flexibility index (Phi) is 8.31. The number of rotatable bonds is 9. The van der Waals surface area contributed by atoms with Crippen molar-refractivity contribution in [2.45, 2.75) is 43.9 Å². The Labute approximate surface area is 224 Å². The third kappa shape index (κ3) is 6.92. The summed E-state index contributed by atoms with van der Waals surface area (Å²) in [4.78, 5) is 4.75. The van der Waals surface area contributed by atoms with Gasteiger partial charge in [0.15, 0.2) is 0 Å². The van der Waals surface area contributed by atoms with Crippen molar-refractivity contribution in [2.24, 2.45) is 0 Å². The number of fused-ring (bicyclic) bond motifs is 1. The number of ether oxygens (including phenoxy) is 1. The highest BCUT2D eigenvalue weighted by Crippen LogP contribution is 2.37. The van der Waals surface area contributed by atoms with Crippen LogP contribution in [0.5, 0.6) is 5.75 Å². The summed E-state index contributed by atoms with van der Waals surface area (Å²) in [5, 5.41) is 0. The summed E-state index contributed by atoms with van der Waals surface area (Å²) in [5.41, 5.74) is 4.86. The highest BCUT2D eigenvalue weighted by Gasteiger charge is 2.28. The van der Waals surface area contributed by atoms with Crippen LogP contribution >= 0.6 is 0 Å². The van der Waals surface area contributed by atoms with Gasteiger partial charge in [-0.3, -0.25) is 9.45 Å². The SMILES string of the molecule is O=S(=O)(O)Cc1ccc2c(c1)CCN(c1ccc(F)cc1)C2Cc1ccc(OCCN2CCCCC2)cc1. The minimum Gasteiger partial charge on any atom is -0.492 e. The topological polar surface area (TPSA) is 70.1 Å². The van der Waals surface area contributed by atoms with Gasteiger partial charge in [-0.25, -0.2) is 4.39 Å². The van der Waals surface area contributed by atoms with Crippen molar-refractivity contribution in [2.75, 3.05) is 37.7 Å². The molecule has 1 fully saturated rings. The molecule has 0 bridgehead atoms. The fraction of sp³-hybridized carbons (Fsp3) is 0.400. The molecule has 2 aliphatic rings. The van der Waals surface area contributed by atoms with E-state index in [1.165, 1.54) is 31.4 Å². The standard InChI is InChI=1S/C30H35FN2O4S/c31-26-7-9-27(10-8-26)33-17-14-25-20-24(22-38(34,35)36)6-13-29(25)30(33)21-23-4-11-28(12-5-23)37-19-18-32-15-2-1-3-16-32/h4-13,20,30H,1-3,14-19,21-22H2,(H,34,35,36). The van der Waals surface area contributed by atoms with E-state index in [0.29, 0.717) is 12.2 Å². The number of anilines is 1. The van der Waals surface area contributed by atoms with Gasteiger partial charge in [0, 0.05) is 18.8 Å². The maximum absolute atomic E-state index is 13.6. The lowest BCUT2D eigenvalue weighted by Gasteiger charge is -2.39. The summed E-state index contributed by atoms with van der Waals surface area (Å²) in [7, 11) is -4.10. The first kappa shape index (κ1) is 26.7. The van der Waals surface area contributed by atoms with Gasteiger partial charge >= 0.3 is 0 Å². The Balaban J connectivity index is 1.33. The van der Waals surface area contributed by atoms with Crippen LogP contribution in [0.25, 0.3) is 0 Å². The van der Waals surface area contributed by atoms with Crippen molar-refractivity contribution in [3.8, 4) is 5.75 Å². The van der Waals surface area contributed by atoms with Crippen LogP contribution in [-0.4, -0.2) is 50.7 Å². The van der Waals surface area contributed by atoms with Crippen LogP contribution < -0.4 is 9.64 Å². The lowest BCUT2D eigenvalue weighted by Crippen LogP contribution is -2.36. The van der Waals surface area contributed by atoms with Gasteiger partial charge in [0.05, 0.1) is 6.04 Å². The molecule has 0 aromatic heterocycles. The van der Waals surface area contributed by atoms with E-state index in [1.807, 2.05) is 24.3 Å². The first-order chi connectivity index (χ1) is 18.3. The normalized spacial score (nSPS) is 18.3. The number of halogens is 1. The van der Waals surface area contributed by atoms with Crippen LogP contribution in [0.4, 0.5) is 10.1 Å². The number of nitrogens with zero attached hydrogens (tertiary/aromatic N) is 2. The summed E-state index contributed by atoms with van der Waals surface area (Å²) in [6.45, 7) is 4.67. The lowest BCUT2D eigenvalue weighted by molar-refractivity contribution is 0.183. The Bertz CT molecular complexity index is 1320. The van der Waals surface area contributed by atoms with Gasteiger partial charge < -0.3 is 9.64 Å². The number of hydrogen-bond acceptors (Lipinski definition) is 5. The van der Waals surface area contributed by atoms with E-state index in [4.69, 9.17) is 4.74 Å². The molecule has 3 aromatic carbocycles. The van der Waals surface area contributed by atoms with Crippen LogP contribution in [0.3, 0.4) is 0 Å². The number of likely N-dealkylation sites (tertiary alicyclic amines) is 1. The molecule has 1 unspecified atom stereocenters. The number of hydrogen-bond donors (Lipinski definition) is 1. The van der Waals surface area contributed by atoms with Gasteiger partial charge in [-0.1, -0.05) is 36.8 Å². The fourth-order valence-corrected chi connectivity index (χ4v) is 6.25. The molecule has 202 valence electrons. The molecule has 2 aliphatic heterocycles. The molecule has 0 spiro atoms. The van der Waals surface area contributed by atoms with Gasteiger partial charge in [0.2, 0.25) is 0 Å². The summed E-state index contributed by atoms with van der Waals surface area (Å²) < 4.78 is 51.8. The van der Waals surface area contributed by atoms with Crippen LogP contribution in [-0.2, 0) is 28.7 Å². The summed E-state index contributed by atoms with van der Waals surface area (Å²) in [6.07, 6.45) is 5.34. The van der Waals surface area contributed by atoms with E-state index in [9.17, 15) is 17.4 Å². The average Bonchev–Trinajstić information content (AvgIpc) is 2.90. The van der Waals surface area contributed by atoms with Crippen molar-refractivity contribution in [3.05, 3.63) is 94.8 Å². The zero-order valence-corrected chi connectivity index (χ0v) is 22.4. The Morgan fingerprint density at radius 3 is 2.32 bits per heavy atom. The van der Waals surface area contributed by atoms with Crippen molar-refractivity contribution in [3.63, 3.8) is 0 Å². The molecule has 38 heavy (non-hydrogen) atoms. The molecule has 0 saturated carbocycles. The molecule has 6 nitrogen and oxygen atoms in total. The monoisotopic (exact) mass is 538 g/mol. The van der Waals surface area contributed by atoms with Gasteiger partial charge in [0.1, 0.15) is 23.9 Å². The summed E-state index contributed by atoms with van der Waals surface area (Å²) in [5.74, 6) is 0.194. The van der Waals surface area contributed by atoms with Crippen LogP contribution in [0.1, 0.15) is 47.6 Å². The smallest absolute Gasteiger partial charge is 0.269 e. The van der Waals surface area contributed by atoms with Crippen molar-refractivity contribution >= 4 is 15.8 Å². The first-order valence-corrected chi connectivity index (χ1v) is 15.0. The second-order valence-electron chi connectivity index (χ2n) is 10.3. The van der Waals surface area contributed by atoms with E-state index in [-0.39, 0.29) is 11.9 Å². The minimum atomic E-state index is -4.10. The lowest BCUT2D eigenvalue weighted by atomic mass is 9.87. The molecule has 3 aromatic rings. The first-order valence-electron chi connectivity index (χ1n) is 13.4. The predicted octanol–water partition coefficient (Wildman–Crippen LogP) is 5.42.